The van der Waals surface area contributed by atoms with Crippen molar-refractivity contribution >= 4 is 5.96 Å². The number of hydrazine groups is 1. The van der Waals surface area contributed by atoms with Crippen molar-refractivity contribution in [3.05, 3.63) is 0 Å². The Morgan fingerprint density at radius 2 is 2.00 bits per heavy atom. The standard InChI is InChI=1S/C12H28N4O2/c1-3-4-7-14-12(16-13)15-8-5-6-9-18-11-10-17-2/h3-11,13H2,1-2H3,(H2,14,15,16). The van der Waals surface area contributed by atoms with E-state index in [0.29, 0.717) is 19.2 Å². The minimum atomic E-state index is 0.654. The maximum atomic E-state index is 5.37. The minimum absolute atomic E-state index is 0.654. The van der Waals surface area contributed by atoms with Gasteiger partial charge < -0.3 is 14.8 Å². The van der Waals surface area contributed by atoms with E-state index in [0.717, 1.165) is 45.4 Å². The summed E-state index contributed by atoms with van der Waals surface area (Å²) in [5.74, 6) is 6.04. The molecule has 0 fully saturated rings. The Morgan fingerprint density at radius 3 is 2.67 bits per heavy atom. The van der Waals surface area contributed by atoms with Gasteiger partial charge in [-0.25, -0.2) is 5.84 Å². The zero-order valence-electron chi connectivity index (χ0n) is 11.7. The fourth-order valence-corrected chi connectivity index (χ4v) is 1.29. The van der Waals surface area contributed by atoms with Crippen molar-refractivity contribution in [3.8, 4) is 0 Å². The van der Waals surface area contributed by atoms with Gasteiger partial charge in [0.2, 0.25) is 5.96 Å². The maximum Gasteiger partial charge on any atom is 0.205 e. The van der Waals surface area contributed by atoms with E-state index in [1.165, 1.54) is 0 Å². The number of methoxy groups -OCH3 is 1. The summed E-state index contributed by atoms with van der Waals surface area (Å²) in [7, 11) is 1.67. The Bertz CT molecular complexity index is 201. The molecule has 0 aromatic heterocycles. The van der Waals surface area contributed by atoms with E-state index in [-0.39, 0.29) is 0 Å². The van der Waals surface area contributed by atoms with Crippen LogP contribution < -0.4 is 16.6 Å². The van der Waals surface area contributed by atoms with Gasteiger partial charge in [0, 0.05) is 26.8 Å². The lowest BCUT2D eigenvalue weighted by Gasteiger charge is -2.08. The van der Waals surface area contributed by atoms with Crippen LogP contribution in [0.1, 0.15) is 32.6 Å². The number of rotatable bonds is 11. The number of aliphatic imine (C=N–C) groups is 1. The predicted octanol–water partition coefficient (Wildman–Crippen LogP) is 0.639. The van der Waals surface area contributed by atoms with E-state index in [1.807, 2.05) is 0 Å². The molecular formula is C12H28N4O2. The number of hydrogen-bond acceptors (Lipinski definition) is 4. The monoisotopic (exact) mass is 260 g/mol. The average molecular weight is 260 g/mol. The van der Waals surface area contributed by atoms with Gasteiger partial charge in [-0.15, -0.1) is 0 Å². The quantitative estimate of drug-likeness (QED) is 0.167. The molecule has 0 aromatic carbocycles. The predicted molar refractivity (Wildman–Crippen MR) is 74.5 cm³/mol. The van der Waals surface area contributed by atoms with Gasteiger partial charge in [0.05, 0.1) is 13.2 Å². The van der Waals surface area contributed by atoms with Gasteiger partial charge in [-0.2, -0.15) is 0 Å². The highest BCUT2D eigenvalue weighted by atomic mass is 16.5. The zero-order chi connectivity index (χ0) is 13.5. The third-order valence-electron chi connectivity index (χ3n) is 2.36. The third-order valence-corrected chi connectivity index (χ3v) is 2.36. The van der Waals surface area contributed by atoms with Crippen LogP contribution in [0.15, 0.2) is 4.99 Å². The summed E-state index contributed by atoms with van der Waals surface area (Å²) >= 11 is 0. The van der Waals surface area contributed by atoms with Crippen LogP contribution in [-0.2, 0) is 9.47 Å². The van der Waals surface area contributed by atoms with Gasteiger partial charge in [-0.05, 0) is 19.3 Å². The highest BCUT2D eigenvalue weighted by Crippen LogP contribution is 1.91. The Kier molecular flexibility index (Phi) is 13.5. The van der Waals surface area contributed by atoms with Crippen LogP contribution in [0.3, 0.4) is 0 Å². The van der Waals surface area contributed by atoms with Crippen LogP contribution >= 0.6 is 0 Å². The van der Waals surface area contributed by atoms with Gasteiger partial charge in [-0.1, -0.05) is 13.3 Å². The molecule has 6 heteroatoms. The summed E-state index contributed by atoms with van der Waals surface area (Å²) in [5, 5.41) is 3.16. The zero-order valence-corrected chi connectivity index (χ0v) is 11.7. The van der Waals surface area contributed by atoms with Crippen LogP contribution in [0, 0.1) is 0 Å². The minimum Gasteiger partial charge on any atom is -0.382 e. The first-order valence-electron chi connectivity index (χ1n) is 6.66. The van der Waals surface area contributed by atoms with Gasteiger partial charge >= 0.3 is 0 Å². The summed E-state index contributed by atoms with van der Waals surface area (Å²) in [6.07, 6.45) is 4.27. The average Bonchev–Trinajstić information content (AvgIpc) is 2.40. The summed E-state index contributed by atoms with van der Waals surface area (Å²) < 4.78 is 10.2. The molecule has 0 spiro atoms. The lowest BCUT2D eigenvalue weighted by Crippen LogP contribution is -2.42. The molecule has 0 atom stereocenters. The third kappa shape index (κ3) is 11.6. The number of guanidine groups is 1. The van der Waals surface area contributed by atoms with E-state index in [2.05, 4.69) is 22.7 Å². The van der Waals surface area contributed by atoms with Crippen molar-refractivity contribution in [1.82, 2.24) is 10.7 Å². The van der Waals surface area contributed by atoms with Crippen molar-refractivity contribution in [2.24, 2.45) is 10.8 Å². The van der Waals surface area contributed by atoms with Crippen LogP contribution in [0.2, 0.25) is 0 Å². The molecule has 0 bridgehead atoms. The first-order chi connectivity index (χ1) is 8.85. The highest BCUT2D eigenvalue weighted by Gasteiger charge is 1.94. The lowest BCUT2D eigenvalue weighted by molar-refractivity contribution is 0.0690. The smallest absolute Gasteiger partial charge is 0.205 e. The van der Waals surface area contributed by atoms with Crippen molar-refractivity contribution in [2.75, 3.05) is 40.0 Å². The number of nitrogens with zero attached hydrogens (tertiary/aromatic N) is 1. The molecule has 0 amide bonds. The topological polar surface area (TPSA) is 80.9 Å². The SMILES string of the molecule is CCCCNC(=NCCCCOCCOC)NN. The molecule has 108 valence electrons. The van der Waals surface area contributed by atoms with Crippen molar-refractivity contribution in [2.45, 2.75) is 32.6 Å². The summed E-state index contributed by atoms with van der Waals surface area (Å²) in [4.78, 5) is 4.34. The van der Waals surface area contributed by atoms with Gasteiger partial charge in [0.15, 0.2) is 0 Å². The Morgan fingerprint density at radius 1 is 1.17 bits per heavy atom. The van der Waals surface area contributed by atoms with E-state index in [4.69, 9.17) is 15.3 Å². The molecule has 4 N–H and O–H groups in total. The fraction of sp³-hybridized carbons (Fsp3) is 0.917. The van der Waals surface area contributed by atoms with E-state index in [1.54, 1.807) is 7.11 Å². The van der Waals surface area contributed by atoms with Crippen molar-refractivity contribution in [1.29, 1.82) is 0 Å². The number of unbranched alkanes of at least 4 members (excludes halogenated alkanes) is 2. The van der Waals surface area contributed by atoms with Gasteiger partial charge in [-0.3, -0.25) is 10.4 Å². The number of hydrogen-bond donors (Lipinski definition) is 3. The largest absolute Gasteiger partial charge is 0.382 e. The molecule has 0 aliphatic heterocycles. The first-order valence-corrected chi connectivity index (χ1v) is 6.66. The Hall–Kier alpha value is -0.850. The van der Waals surface area contributed by atoms with Crippen LogP contribution in [-0.4, -0.2) is 46.0 Å². The molecule has 0 aliphatic carbocycles. The second kappa shape index (κ2) is 14.2. The lowest BCUT2D eigenvalue weighted by atomic mass is 10.3. The van der Waals surface area contributed by atoms with E-state index < -0.39 is 0 Å². The molecular weight excluding hydrogens is 232 g/mol. The molecule has 0 aliphatic rings. The number of nitrogens with one attached hydrogen (secondary N) is 2. The molecule has 0 radical (unpaired) electrons. The molecule has 0 aromatic rings. The molecule has 0 saturated heterocycles. The van der Waals surface area contributed by atoms with Crippen LogP contribution in [0.25, 0.3) is 0 Å². The Balaban J connectivity index is 3.40. The van der Waals surface area contributed by atoms with Crippen molar-refractivity contribution < 1.29 is 9.47 Å². The van der Waals surface area contributed by atoms with Crippen LogP contribution in [0.5, 0.6) is 0 Å². The van der Waals surface area contributed by atoms with Crippen LogP contribution in [0.4, 0.5) is 0 Å². The normalized spacial score (nSPS) is 11.6. The summed E-state index contributed by atoms with van der Waals surface area (Å²) in [5.41, 5.74) is 2.57. The first kappa shape index (κ1) is 17.2. The van der Waals surface area contributed by atoms with Gasteiger partial charge in [0.1, 0.15) is 0 Å². The number of nitrogens with two attached hydrogens (primary N) is 1. The maximum absolute atomic E-state index is 5.37. The summed E-state index contributed by atoms with van der Waals surface area (Å²) in [6.45, 7) is 5.88. The van der Waals surface area contributed by atoms with E-state index in [9.17, 15) is 0 Å². The fourth-order valence-electron chi connectivity index (χ4n) is 1.29. The second-order valence-corrected chi connectivity index (χ2v) is 3.97. The van der Waals surface area contributed by atoms with Gasteiger partial charge in [0.25, 0.3) is 0 Å². The van der Waals surface area contributed by atoms with Crippen molar-refractivity contribution in [3.63, 3.8) is 0 Å². The molecule has 0 saturated carbocycles. The second-order valence-electron chi connectivity index (χ2n) is 3.97. The molecule has 0 rings (SSSR count). The molecule has 0 heterocycles. The summed E-state index contributed by atoms with van der Waals surface area (Å²) in [6, 6.07) is 0. The molecule has 6 nitrogen and oxygen atoms in total. The molecule has 18 heavy (non-hydrogen) atoms. The van der Waals surface area contributed by atoms with E-state index >= 15 is 0 Å². The molecule has 0 unspecified atom stereocenters. The highest BCUT2D eigenvalue weighted by molar-refractivity contribution is 5.79. The Labute approximate surface area is 110 Å². The number of ether oxygens (including phenoxy) is 2.